The lowest BCUT2D eigenvalue weighted by Crippen LogP contribution is -1.97. The largest absolute Gasteiger partial charge is 0.398 e. The van der Waals surface area contributed by atoms with Crippen LogP contribution in [0.15, 0.2) is 36.4 Å². The Morgan fingerprint density at radius 3 is 2.36 bits per heavy atom. The number of hydrogen-bond acceptors (Lipinski definition) is 2. The van der Waals surface area contributed by atoms with Crippen LogP contribution in [0, 0.1) is 0 Å². The van der Waals surface area contributed by atoms with Crippen molar-refractivity contribution in [3.63, 3.8) is 0 Å². The van der Waals surface area contributed by atoms with Crippen LogP contribution < -0.4 is 5.73 Å². The first-order chi connectivity index (χ1) is 6.81. The lowest BCUT2D eigenvalue weighted by atomic mass is 10.0. The Bertz CT molecular complexity index is 451. The third-order valence-corrected chi connectivity index (χ3v) is 2.39. The van der Waals surface area contributed by atoms with Crippen LogP contribution >= 0.6 is 0 Å². The standard InChI is InChI=1S/C12H13NO/c13-12-8-10-4-2-1-3-9(10)7-11(12)5-6-14/h1-4,7-8,14H,5-6,13H2. The minimum absolute atomic E-state index is 0.141. The van der Waals surface area contributed by atoms with E-state index in [9.17, 15) is 0 Å². The van der Waals surface area contributed by atoms with Crippen LogP contribution in [0.3, 0.4) is 0 Å². The molecule has 0 aliphatic rings. The molecular formula is C12H13NO. The van der Waals surface area contributed by atoms with E-state index in [0.29, 0.717) is 6.42 Å². The molecule has 0 aliphatic heterocycles. The van der Waals surface area contributed by atoms with Gasteiger partial charge in [-0.2, -0.15) is 0 Å². The van der Waals surface area contributed by atoms with Crippen molar-refractivity contribution in [1.29, 1.82) is 0 Å². The highest BCUT2D eigenvalue weighted by Crippen LogP contribution is 2.21. The van der Waals surface area contributed by atoms with Gasteiger partial charge in [0.25, 0.3) is 0 Å². The quantitative estimate of drug-likeness (QED) is 0.706. The molecule has 0 aromatic heterocycles. The monoisotopic (exact) mass is 187 g/mol. The number of fused-ring (bicyclic) bond motifs is 1. The number of anilines is 1. The molecule has 2 aromatic rings. The first kappa shape index (κ1) is 9.03. The van der Waals surface area contributed by atoms with Gasteiger partial charge in [-0.15, -0.1) is 0 Å². The lowest BCUT2D eigenvalue weighted by molar-refractivity contribution is 0.300. The molecule has 72 valence electrons. The van der Waals surface area contributed by atoms with E-state index < -0.39 is 0 Å². The van der Waals surface area contributed by atoms with Crippen LogP contribution in [0.4, 0.5) is 5.69 Å². The van der Waals surface area contributed by atoms with Gasteiger partial charge in [-0.05, 0) is 34.9 Å². The number of benzene rings is 2. The fourth-order valence-corrected chi connectivity index (χ4v) is 1.64. The van der Waals surface area contributed by atoms with Gasteiger partial charge in [0, 0.05) is 12.3 Å². The number of aliphatic hydroxyl groups is 1. The van der Waals surface area contributed by atoms with E-state index >= 15 is 0 Å². The zero-order valence-electron chi connectivity index (χ0n) is 7.90. The van der Waals surface area contributed by atoms with E-state index in [1.807, 2.05) is 30.3 Å². The second kappa shape index (κ2) is 3.68. The zero-order valence-corrected chi connectivity index (χ0v) is 7.90. The summed E-state index contributed by atoms with van der Waals surface area (Å²) in [4.78, 5) is 0. The Morgan fingerprint density at radius 1 is 1.07 bits per heavy atom. The summed E-state index contributed by atoms with van der Waals surface area (Å²) in [5.41, 5.74) is 7.64. The van der Waals surface area contributed by atoms with Crippen molar-refractivity contribution in [2.75, 3.05) is 12.3 Å². The summed E-state index contributed by atoms with van der Waals surface area (Å²) in [6.07, 6.45) is 0.622. The summed E-state index contributed by atoms with van der Waals surface area (Å²) in [6.45, 7) is 0.141. The maximum atomic E-state index is 8.86. The lowest BCUT2D eigenvalue weighted by Gasteiger charge is -2.06. The summed E-state index contributed by atoms with van der Waals surface area (Å²) >= 11 is 0. The number of nitrogens with two attached hydrogens (primary N) is 1. The zero-order chi connectivity index (χ0) is 9.97. The minimum atomic E-state index is 0.141. The molecule has 0 unspecified atom stereocenters. The molecule has 14 heavy (non-hydrogen) atoms. The Kier molecular flexibility index (Phi) is 2.37. The van der Waals surface area contributed by atoms with E-state index in [1.165, 1.54) is 5.39 Å². The molecule has 0 aliphatic carbocycles. The van der Waals surface area contributed by atoms with Crippen LogP contribution in [0.1, 0.15) is 5.56 Å². The van der Waals surface area contributed by atoms with Crippen molar-refractivity contribution >= 4 is 16.5 Å². The maximum absolute atomic E-state index is 8.86. The van der Waals surface area contributed by atoms with Crippen molar-refractivity contribution < 1.29 is 5.11 Å². The smallest absolute Gasteiger partial charge is 0.0472 e. The highest BCUT2D eigenvalue weighted by molar-refractivity contribution is 5.86. The van der Waals surface area contributed by atoms with Gasteiger partial charge < -0.3 is 10.8 Å². The molecule has 0 bridgehead atoms. The van der Waals surface area contributed by atoms with E-state index in [-0.39, 0.29) is 6.61 Å². The number of hydrogen-bond donors (Lipinski definition) is 2. The minimum Gasteiger partial charge on any atom is -0.398 e. The SMILES string of the molecule is Nc1cc2ccccc2cc1CCO. The second-order valence-corrected chi connectivity index (χ2v) is 3.37. The summed E-state index contributed by atoms with van der Waals surface area (Å²) in [6, 6.07) is 12.1. The molecule has 0 fully saturated rings. The predicted octanol–water partition coefficient (Wildman–Crippen LogP) is 1.96. The van der Waals surface area contributed by atoms with Gasteiger partial charge in [-0.3, -0.25) is 0 Å². The van der Waals surface area contributed by atoms with Gasteiger partial charge in [0.1, 0.15) is 0 Å². The van der Waals surface area contributed by atoms with Gasteiger partial charge in [-0.25, -0.2) is 0 Å². The number of nitrogen functional groups attached to an aromatic ring is 1. The highest BCUT2D eigenvalue weighted by atomic mass is 16.2. The highest BCUT2D eigenvalue weighted by Gasteiger charge is 2.00. The van der Waals surface area contributed by atoms with Crippen LogP contribution in [0.2, 0.25) is 0 Å². The normalized spacial score (nSPS) is 10.6. The van der Waals surface area contributed by atoms with Crippen LogP contribution in [0.5, 0.6) is 0 Å². The topological polar surface area (TPSA) is 46.2 Å². The van der Waals surface area contributed by atoms with Gasteiger partial charge in [0.05, 0.1) is 0 Å². The molecular weight excluding hydrogens is 174 g/mol. The summed E-state index contributed by atoms with van der Waals surface area (Å²) in [5, 5.41) is 11.2. The van der Waals surface area contributed by atoms with Crippen LogP contribution in [-0.2, 0) is 6.42 Å². The first-order valence-corrected chi connectivity index (χ1v) is 4.69. The Balaban J connectivity index is 2.59. The van der Waals surface area contributed by atoms with Gasteiger partial charge >= 0.3 is 0 Å². The van der Waals surface area contributed by atoms with Gasteiger partial charge in [0.15, 0.2) is 0 Å². The molecule has 0 saturated carbocycles. The number of rotatable bonds is 2. The number of aliphatic hydroxyl groups excluding tert-OH is 1. The molecule has 2 heteroatoms. The molecule has 0 spiro atoms. The maximum Gasteiger partial charge on any atom is 0.0472 e. The van der Waals surface area contributed by atoms with Gasteiger partial charge in [-0.1, -0.05) is 24.3 Å². The van der Waals surface area contributed by atoms with Crippen molar-refractivity contribution in [3.05, 3.63) is 42.0 Å². The predicted molar refractivity (Wildman–Crippen MR) is 59.2 cm³/mol. The van der Waals surface area contributed by atoms with Crippen LogP contribution in [-0.4, -0.2) is 11.7 Å². The summed E-state index contributed by atoms with van der Waals surface area (Å²) < 4.78 is 0. The van der Waals surface area contributed by atoms with E-state index in [2.05, 4.69) is 6.07 Å². The van der Waals surface area contributed by atoms with E-state index in [4.69, 9.17) is 10.8 Å². The molecule has 2 nitrogen and oxygen atoms in total. The molecule has 0 amide bonds. The first-order valence-electron chi connectivity index (χ1n) is 4.69. The van der Waals surface area contributed by atoms with Crippen molar-refractivity contribution in [2.45, 2.75) is 6.42 Å². The third kappa shape index (κ3) is 1.56. The Morgan fingerprint density at radius 2 is 1.71 bits per heavy atom. The van der Waals surface area contributed by atoms with E-state index in [0.717, 1.165) is 16.6 Å². The molecule has 0 radical (unpaired) electrons. The third-order valence-electron chi connectivity index (χ3n) is 2.39. The Labute approximate surface area is 83.0 Å². The molecule has 2 aromatic carbocycles. The molecule has 0 heterocycles. The van der Waals surface area contributed by atoms with Gasteiger partial charge in [0.2, 0.25) is 0 Å². The van der Waals surface area contributed by atoms with Crippen molar-refractivity contribution in [1.82, 2.24) is 0 Å². The molecule has 0 atom stereocenters. The average molecular weight is 187 g/mol. The fourth-order valence-electron chi connectivity index (χ4n) is 1.64. The summed E-state index contributed by atoms with van der Waals surface area (Å²) in [7, 11) is 0. The van der Waals surface area contributed by atoms with Crippen LogP contribution in [0.25, 0.3) is 10.8 Å². The van der Waals surface area contributed by atoms with Crippen molar-refractivity contribution in [2.24, 2.45) is 0 Å². The summed E-state index contributed by atoms with van der Waals surface area (Å²) in [5.74, 6) is 0. The van der Waals surface area contributed by atoms with Crippen molar-refractivity contribution in [3.8, 4) is 0 Å². The molecule has 0 saturated heterocycles. The fraction of sp³-hybridized carbons (Fsp3) is 0.167. The Hall–Kier alpha value is -1.54. The average Bonchev–Trinajstić information content (AvgIpc) is 2.19. The molecule has 2 rings (SSSR count). The second-order valence-electron chi connectivity index (χ2n) is 3.37. The van der Waals surface area contributed by atoms with E-state index in [1.54, 1.807) is 0 Å². The molecule has 3 N–H and O–H groups in total.